The third-order valence-electron chi connectivity index (χ3n) is 4.69. The number of carbonyl (C=O) groups excluding carboxylic acids is 1. The molecule has 0 amide bonds. The van der Waals surface area contributed by atoms with Gasteiger partial charge in [0, 0.05) is 22.9 Å². The molecule has 0 bridgehead atoms. The van der Waals surface area contributed by atoms with Crippen molar-refractivity contribution < 1.29 is 45.4 Å². The molecule has 34 heavy (non-hydrogen) atoms. The monoisotopic (exact) mass is 513 g/mol. The first-order chi connectivity index (χ1) is 15.8. The molecular formula is C20H15ClF7N3O3. The van der Waals surface area contributed by atoms with Gasteiger partial charge in [0.25, 0.3) is 0 Å². The highest BCUT2D eigenvalue weighted by atomic mass is 35.5. The lowest BCUT2D eigenvalue weighted by molar-refractivity contribution is -0.209. The van der Waals surface area contributed by atoms with Crippen LogP contribution in [0.3, 0.4) is 0 Å². The van der Waals surface area contributed by atoms with Crippen LogP contribution in [-0.2, 0) is 17.5 Å². The van der Waals surface area contributed by atoms with E-state index in [-0.39, 0.29) is 27.4 Å². The van der Waals surface area contributed by atoms with Crippen molar-refractivity contribution in [2.24, 2.45) is 0 Å². The number of aromatic amines is 1. The van der Waals surface area contributed by atoms with E-state index in [4.69, 9.17) is 16.3 Å². The van der Waals surface area contributed by atoms with E-state index in [1.54, 1.807) is 0 Å². The van der Waals surface area contributed by atoms with E-state index in [0.29, 0.717) is 6.20 Å². The van der Waals surface area contributed by atoms with Crippen LogP contribution >= 0.6 is 11.6 Å². The normalized spacial score (nSPS) is 13.2. The maximum absolute atomic E-state index is 14.5. The number of aliphatic hydroxyl groups is 1. The molecule has 0 spiro atoms. The maximum Gasteiger partial charge on any atom is 0.433 e. The van der Waals surface area contributed by atoms with E-state index >= 15 is 0 Å². The molecule has 0 radical (unpaired) electrons. The van der Waals surface area contributed by atoms with Gasteiger partial charge < -0.3 is 14.8 Å². The Bertz CT molecular complexity index is 1180. The Morgan fingerprint density at radius 3 is 2.47 bits per heavy atom. The number of hydrogen-bond donors (Lipinski definition) is 2. The molecule has 3 rings (SSSR count). The Morgan fingerprint density at radius 1 is 1.24 bits per heavy atom. The summed E-state index contributed by atoms with van der Waals surface area (Å²) in [6, 6.07) is 3.58. The van der Waals surface area contributed by atoms with Gasteiger partial charge in [-0.2, -0.15) is 31.4 Å². The lowest BCUT2D eigenvalue weighted by Crippen LogP contribution is -2.34. The number of rotatable bonds is 6. The van der Waals surface area contributed by atoms with Gasteiger partial charge in [0.2, 0.25) is 0 Å². The second-order valence-corrected chi connectivity index (χ2v) is 7.32. The van der Waals surface area contributed by atoms with Crippen LogP contribution in [0.4, 0.5) is 30.7 Å². The number of carbonyl (C=O) groups is 1. The zero-order valence-corrected chi connectivity index (χ0v) is 17.8. The van der Waals surface area contributed by atoms with Crippen LogP contribution in [0.5, 0.6) is 0 Å². The van der Waals surface area contributed by atoms with Crippen molar-refractivity contribution in [1.29, 1.82) is 0 Å². The van der Waals surface area contributed by atoms with Crippen LogP contribution < -0.4 is 0 Å². The van der Waals surface area contributed by atoms with Crippen LogP contribution in [0, 0.1) is 5.82 Å². The highest BCUT2D eigenvalue weighted by molar-refractivity contribution is 6.33. The van der Waals surface area contributed by atoms with Crippen LogP contribution in [0.15, 0.2) is 30.6 Å². The first-order valence-electron chi connectivity index (χ1n) is 9.48. The van der Waals surface area contributed by atoms with Gasteiger partial charge in [-0.05, 0) is 19.1 Å². The van der Waals surface area contributed by atoms with Crippen LogP contribution in [-0.4, -0.2) is 44.7 Å². The van der Waals surface area contributed by atoms with Gasteiger partial charge in [0.05, 0.1) is 35.6 Å². The minimum atomic E-state index is -5.25. The molecule has 0 saturated heterocycles. The quantitative estimate of drug-likeness (QED) is 0.339. The first-order valence-corrected chi connectivity index (χ1v) is 9.86. The SMILES string of the molecule is CCOC(=O)c1c(-c2c(F)cccc2Cl)c[nH]c1-c1cnn(C[C@@H](O)C(F)(F)F)c1C(F)(F)F. The van der Waals surface area contributed by atoms with E-state index in [0.717, 1.165) is 12.3 Å². The maximum atomic E-state index is 14.5. The molecule has 2 heterocycles. The van der Waals surface area contributed by atoms with Gasteiger partial charge in [0.1, 0.15) is 5.82 Å². The molecule has 0 aliphatic carbocycles. The van der Waals surface area contributed by atoms with Crippen molar-refractivity contribution in [1.82, 2.24) is 14.8 Å². The Balaban J connectivity index is 2.26. The van der Waals surface area contributed by atoms with Crippen molar-refractivity contribution in [2.75, 3.05) is 6.61 Å². The van der Waals surface area contributed by atoms with Gasteiger partial charge >= 0.3 is 18.3 Å². The summed E-state index contributed by atoms with van der Waals surface area (Å²) in [5.74, 6) is -2.02. The molecule has 1 aromatic carbocycles. The summed E-state index contributed by atoms with van der Waals surface area (Å²) in [7, 11) is 0. The number of aromatic nitrogens is 3. The second-order valence-electron chi connectivity index (χ2n) is 6.91. The third kappa shape index (κ3) is 4.89. The molecule has 0 aliphatic rings. The predicted octanol–water partition coefficient (Wildman–Crippen LogP) is 5.46. The van der Waals surface area contributed by atoms with E-state index in [2.05, 4.69) is 10.1 Å². The molecular weight excluding hydrogens is 499 g/mol. The number of ether oxygens (including phenoxy) is 1. The number of hydrogen-bond acceptors (Lipinski definition) is 4. The zero-order chi connectivity index (χ0) is 25.4. The summed E-state index contributed by atoms with van der Waals surface area (Å²) in [5, 5.41) is 12.4. The number of aliphatic hydroxyl groups excluding tert-OH is 1. The summed E-state index contributed by atoms with van der Waals surface area (Å²) in [6.45, 7) is -0.311. The Hall–Kier alpha value is -3.06. The van der Waals surface area contributed by atoms with Crippen molar-refractivity contribution in [3.8, 4) is 22.4 Å². The molecule has 0 aliphatic heterocycles. The molecule has 2 aromatic heterocycles. The predicted molar refractivity (Wildman–Crippen MR) is 105 cm³/mol. The first kappa shape index (κ1) is 25.6. The Labute approximate surface area is 191 Å². The van der Waals surface area contributed by atoms with Crippen molar-refractivity contribution in [3.05, 3.63) is 52.7 Å². The smallest absolute Gasteiger partial charge is 0.433 e. The number of esters is 1. The molecule has 2 N–H and O–H groups in total. The fourth-order valence-electron chi connectivity index (χ4n) is 3.28. The van der Waals surface area contributed by atoms with Gasteiger partial charge in [-0.25, -0.2) is 9.18 Å². The van der Waals surface area contributed by atoms with Gasteiger partial charge in [-0.3, -0.25) is 4.68 Å². The minimum absolute atomic E-state index is 0.0704. The van der Waals surface area contributed by atoms with E-state index in [1.165, 1.54) is 19.1 Å². The highest BCUT2D eigenvalue weighted by Gasteiger charge is 2.44. The average molecular weight is 514 g/mol. The molecule has 3 aromatic rings. The van der Waals surface area contributed by atoms with Gasteiger partial charge in [0.15, 0.2) is 11.8 Å². The van der Waals surface area contributed by atoms with E-state index in [1.807, 2.05) is 0 Å². The summed E-state index contributed by atoms with van der Waals surface area (Å²) in [5.41, 5.74) is -4.09. The largest absolute Gasteiger partial charge is 0.462 e. The molecule has 0 saturated carbocycles. The van der Waals surface area contributed by atoms with Crippen LogP contribution in [0.1, 0.15) is 23.0 Å². The average Bonchev–Trinajstić information content (AvgIpc) is 3.31. The molecule has 6 nitrogen and oxygen atoms in total. The Kier molecular flexibility index (Phi) is 6.99. The standard InChI is InChI=1S/C20H15ClF7N3O3/c1-2-34-18(33)15-9(14-11(21)4-3-5-12(14)22)6-29-16(15)10-7-30-31(17(10)20(26,27)28)8-13(32)19(23,24)25/h3-7,13,29,32H,2,8H2,1H3/t13-/m1/s1. The van der Waals surface area contributed by atoms with Crippen molar-refractivity contribution >= 4 is 17.6 Å². The fraction of sp³-hybridized carbons (Fsp3) is 0.300. The van der Waals surface area contributed by atoms with Crippen LogP contribution in [0.25, 0.3) is 22.4 Å². The molecule has 1 atom stereocenters. The number of nitrogens with one attached hydrogen (secondary N) is 1. The topological polar surface area (TPSA) is 80.1 Å². The number of benzene rings is 1. The number of halogens is 8. The summed E-state index contributed by atoms with van der Waals surface area (Å²) in [4.78, 5) is 15.1. The molecule has 0 fully saturated rings. The second kappa shape index (κ2) is 9.29. The van der Waals surface area contributed by atoms with Gasteiger partial charge in [-0.1, -0.05) is 17.7 Å². The third-order valence-corrected chi connectivity index (χ3v) is 5.01. The number of H-pyrrole nitrogens is 1. The minimum Gasteiger partial charge on any atom is -0.462 e. The molecule has 0 unspecified atom stereocenters. The summed E-state index contributed by atoms with van der Waals surface area (Å²) >= 11 is 6.04. The summed E-state index contributed by atoms with van der Waals surface area (Å²) < 4.78 is 99.2. The molecule has 184 valence electrons. The van der Waals surface area contributed by atoms with Crippen LogP contribution in [0.2, 0.25) is 5.02 Å². The number of alkyl halides is 6. The highest BCUT2D eigenvalue weighted by Crippen LogP contribution is 2.42. The van der Waals surface area contributed by atoms with E-state index in [9.17, 15) is 40.6 Å². The van der Waals surface area contributed by atoms with Crippen molar-refractivity contribution in [3.63, 3.8) is 0 Å². The Morgan fingerprint density at radius 2 is 1.91 bits per heavy atom. The lowest BCUT2D eigenvalue weighted by Gasteiger charge is -2.18. The molecule has 14 heteroatoms. The lowest BCUT2D eigenvalue weighted by atomic mass is 9.99. The fourth-order valence-corrected chi connectivity index (χ4v) is 3.54. The van der Waals surface area contributed by atoms with Gasteiger partial charge in [-0.15, -0.1) is 0 Å². The van der Waals surface area contributed by atoms with Crippen molar-refractivity contribution in [2.45, 2.75) is 31.9 Å². The summed E-state index contributed by atoms with van der Waals surface area (Å²) in [6.07, 6.45) is -12.0. The zero-order valence-electron chi connectivity index (χ0n) is 17.1. The van der Waals surface area contributed by atoms with E-state index < -0.39 is 59.3 Å². The number of nitrogens with zero attached hydrogens (tertiary/aromatic N) is 2.